The molecular weight excluding hydrogens is 368 g/mol. The smallest absolute Gasteiger partial charge is 0.312 e. The van der Waals surface area contributed by atoms with Gasteiger partial charge in [0.15, 0.2) is 5.75 Å². The van der Waals surface area contributed by atoms with E-state index in [-0.39, 0.29) is 35.9 Å². The van der Waals surface area contributed by atoms with E-state index in [4.69, 9.17) is 14.2 Å². The van der Waals surface area contributed by atoms with Gasteiger partial charge >= 0.3 is 5.69 Å². The predicted octanol–water partition coefficient (Wildman–Crippen LogP) is 3.07. The maximum atomic E-state index is 12.2. The van der Waals surface area contributed by atoms with Gasteiger partial charge in [-0.15, -0.1) is 0 Å². The van der Waals surface area contributed by atoms with E-state index in [1.54, 1.807) is 18.2 Å². The number of carbonyl (C=O) groups is 1. The summed E-state index contributed by atoms with van der Waals surface area (Å²) in [6, 6.07) is 9.15. The van der Waals surface area contributed by atoms with E-state index >= 15 is 0 Å². The summed E-state index contributed by atoms with van der Waals surface area (Å²) in [5.41, 5.74) is 0.563. The number of nitrogens with zero attached hydrogens (tertiary/aromatic N) is 1. The third-order valence-corrected chi connectivity index (χ3v) is 4.10. The van der Waals surface area contributed by atoms with Gasteiger partial charge in [-0.05, 0) is 30.7 Å². The second kappa shape index (κ2) is 9.56. The fourth-order valence-corrected chi connectivity index (χ4v) is 2.65. The average Bonchev–Trinajstić information content (AvgIpc) is 2.71. The second-order valence-electron chi connectivity index (χ2n) is 5.85. The van der Waals surface area contributed by atoms with E-state index in [2.05, 4.69) is 5.32 Å². The highest BCUT2D eigenvalue weighted by Crippen LogP contribution is 2.32. The van der Waals surface area contributed by atoms with Gasteiger partial charge in [-0.2, -0.15) is 0 Å². The largest absolute Gasteiger partial charge is 0.497 e. The third kappa shape index (κ3) is 5.10. The third-order valence-electron chi connectivity index (χ3n) is 4.10. The lowest BCUT2D eigenvalue weighted by atomic mass is 10.0. The molecule has 0 heterocycles. The number of anilines is 1. The molecular formula is C19H22N2O7. The summed E-state index contributed by atoms with van der Waals surface area (Å²) in [6.07, 6.45) is -0.764. The summed E-state index contributed by atoms with van der Waals surface area (Å²) in [7, 11) is 4.34. The molecule has 1 atom stereocenters. The molecule has 0 aliphatic heterocycles. The normalized spacial score (nSPS) is 11.4. The van der Waals surface area contributed by atoms with Gasteiger partial charge in [-0.25, -0.2) is 0 Å². The number of rotatable bonds is 9. The number of ether oxygens (including phenoxy) is 3. The monoisotopic (exact) mass is 390 g/mol. The maximum absolute atomic E-state index is 12.2. The molecule has 0 saturated carbocycles. The Hall–Kier alpha value is -3.33. The Morgan fingerprint density at radius 2 is 1.82 bits per heavy atom. The molecule has 0 aliphatic carbocycles. The first-order valence-electron chi connectivity index (χ1n) is 8.41. The van der Waals surface area contributed by atoms with E-state index in [0.717, 1.165) is 0 Å². The van der Waals surface area contributed by atoms with Crippen LogP contribution in [-0.2, 0) is 4.79 Å². The summed E-state index contributed by atoms with van der Waals surface area (Å²) >= 11 is 0. The van der Waals surface area contributed by atoms with Crippen molar-refractivity contribution >= 4 is 17.3 Å². The summed E-state index contributed by atoms with van der Waals surface area (Å²) in [6.45, 7) is 0. The predicted molar refractivity (Wildman–Crippen MR) is 102 cm³/mol. The highest BCUT2D eigenvalue weighted by atomic mass is 16.6. The minimum absolute atomic E-state index is 0.0101. The SMILES string of the molecule is COc1ccc(C(O)CCC(=O)Nc2ccc(OC)c([N+](=O)[O-])c2)c(OC)c1. The van der Waals surface area contributed by atoms with Gasteiger partial charge in [0, 0.05) is 29.8 Å². The summed E-state index contributed by atoms with van der Waals surface area (Å²) < 4.78 is 15.3. The van der Waals surface area contributed by atoms with Crippen molar-refractivity contribution in [2.75, 3.05) is 26.6 Å². The van der Waals surface area contributed by atoms with Crippen molar-refractivity contribution in [3.05, 3.63) is 52.1 Å². The minimum atomic E-state index is -0.920. The molecule has 0 saturated heterocycles. The lowest BCUT2D eigenvalue weighted by Crippen LogP contribution is -2.13. The number of nitro benzene ring substituents is 1. The van der Waals surface area contributed by atoms with Crippen LogP contribution in [0.1, 0.15) is 24.5 Å². The first kappa shape index (κ1) is 21.0. The van der Waals surface area contributed by atoms with E-state index < -0.39 is 11.0 Å². The van der Waals surface area contributed by atoms with Crippen molar-refractivity contribution in [1.82, 2.24) is 0 Å². The molecule has 150 valence electrons. The molecule has 9 nitrogen and oxygen atoms in total. The van der Waals surface area contributed by atoms with Gasteiger partial charge in [0.1, 0.15) is 11.5 Å². The van der Waals surface area contributed by atoms with Gasteiger partial charge in [0.2, 0.25) is 5.91 Å². The molecule has 2 aromatic rings. The molecule has 0 aromatic heterocycles. The van der Waals surface area contributed by atoms with Crippen LogP contribution in [0.5, 0.6) is 17.2 Å². The van der Waals surface area contributed by atoms with Crippen LogP contribution in [-0.4, -0.2) is 37.3 Å². The Kier molecular flexibility index (Phi) is 7.16. The van der Waals surface area contributed by atoms with Crippen molar-refractivity contribution in [2.45, 2.75) is 18.9 Å². The van der Waals surface area contributed by atoms with Crippen LogP contribution in [0, 0.1) is 10.1 Å². The number of hydrogen-bond acceptors (Lipinski definition) is 7. The molecule has 2 aromatic carbocycles. The van der Waals surface area contributed by atoms with E-state index in [0.29, 0.717) is 17.1 Å². The molecule has 0 aliphatic rings. The van der Waals surface area contributed by atoms with E-state index in [1.807, 2.05) is 0 Å². The highest BCUT2D eigenvalue weighted by molar-refractivity contribution is 5.91. The van der Waals surface area contributed by atoms with Gasteiger partial charge < -0.3 is 24.6 Å². The van der Waals surface area contributed by atoms with Crippen molar-refractivity contribution in [1.29, 1.82) is 0 Å². The van der Waals surface area contributed by atoms with Gasteiger partial charge in [0.05, 0.1) is 32.4 Å². The number of carbonyl (C=O) groups excluding carboxylic acids is 1. The Labute approximate surface area is 162 Å². The summed E-state index contributed by atoms with van der Waals surface area (Å²) in [5.74, 6) is 0.765. The van der Waals surface area contributed by atoms with Gasteiger partial charge in [-0.3, -0.25) is 14.9 Å². The number of aliphatic hydroxyl groups is 1. The fourth-order valence-electron chi connectivity index (χ4n) is 2.65. The molecule has 0 bridgehead atoms. The number of nitrogens with one attached hydrogen (secondary N) is 1. The van der Waals surface area contributed by atoms with Crippen molar-refractivity contribution < 1.29 is 29.0 Å². The zero-order valence-corrected chi connectivity index (χ0v) is 15.8. The lowest BCUT2D eigenvalue weighted by molar-refractivity contribution is -0.385. The molecule has 1 unspecified atom stereocenters. The average molecular weight is 390 g/mol. The van der Waals surface area contributed by atoms with Crippen molar-refractivity contribution in [3.63, 3.8) is 0 Å². The van der Waals surface area contributed by atoms with E-state index in [1.165, 1.54) is 39.5 Å². The standard InChI is InChI=1S/C19H22N2O7/c1-26-13-5-6-14(18(11-13)28-3)16(22)7-9-19(23)20-12-4-8-17(27-2)15(10-12)21(24)25/h4-6,8,10-11,16,22H,7,9H2,1-3H3,(H,20,23). The molecule has 28 heavy (non-hydrogen) atoms. The Balaban J connectivity index is 2.01. The van der Waals surface area contributed by atoms with Crippen LogP contribution in [0.4, 0.5) is 11.4 Å². The lowest BCUT2D eigenvalue weighted by Gasteiger charge is -2.15. The number of amides is 1. The molecule has 0 fully saturated rings. The summed E-state index contributed by atoms with van der Waals surface area (Å²) in [5, 5.41) is 24.0. The first-order chi connectivity index (χ1) is 13.4. The zero-order chi connectivity index (χ0) is 20.7. The molecule has 2 N–H and O–H groups in total. The maximum Gasteiger partial charge on any atom is 0.312 e. The Morgan fingerprint density at radius 1 is 1.11 bits per heavy atom. The summed E-state index contributed by atoms with van der Waals surface area (Å²) in [4.78, 5) is 22.6. The Morgan fingerprint density at radius 3 is 2.43 bits per heavy atom. The van der Waals surface area contributed by atoms with Crippen molar-refractivity contribution in [3.8, 4) is 17.2 Å². The molecule has 9 heteroatoms. The molecule has 2 rings (SSSR count). The number of aliphatic hydroxyl groups excluding tert-OH is 1. The quantitative estimate of drug-likeness (QED) is 0.499. The number of hydrogen-bond donors (Lipinski definition) is 2. The fraction of sp³-hybridized carbons (Fsp3) is 0.316. The van der Waals surface area contributed by atoms with Crippen LogP contribution in [0.2, 0.25) is 0 Å². The van der Waals surface area contributed by atoms with Crippen molar-refractivity contribution in [2.24, 2.45) is 0 Å². The van der Waals surface area contributed by atoms with E-state index in [9.17, 15) is 20.0 Å². The zero-order valence-electron chi connectivity index (χ0n) is 15.8. The van der Waals surface area contributed by atoms with Crippen LogP contribution in [0.3, 0.4) is 0 Å². The highest BCUT2D eigenvalue weighted by Gasteiger charge is 2.18. The molecule has 1 amide bonds. The second-order valence-corrected chi connectivity index (χ2v) is 5.85. The van der Waals surface area contributed by atoms with Crippen LogP contribution < -0.4 is 19.5 Å². The molecule has 0 spiro atoms. The Bertz CT molecular complexity index is 854. The number of benzene rings is 2. The molecule has 0 radical (unpaired) electrons. The number of methoxy groups -OCH3 is 3. The van der Waals surface area contributed by atoms with Crippen LogP contribution in [0.25, 0.3) is 0 Å². The number of nitro groups is 1. The van der Waals surface area contributed by atoms with Gasteiger partial charge in [0.25, 0.3) is 0 Å². The minimum Gasteiger partial charge on any atom is -0.497 e. The van der Waals surface area contributed by atoms with Crippen LogP contribution in [0.15, 0.2) is 36.4 Å². The van der Waals surface area contributed by atoms with Crippen LogP contribution >= 0.6 is 0 Å². The topological polar surface area (TPSA) is 120 Å². The first-order valence-corrected chi connectivity index (χ1v) is 8.41. The van der Waals surface area contributed by atoms with Gasteiger partial charge in [-0.1, -0.05) is 0 Å².